The van der Waals surface area contributed by atoms with Gasteiger partial charge in [0.15, 0.2) is 0 Å². The van der Waals surface area contributed by atoms with Crippen molar-refractivity contribution < 1.29 is 19.1 Å². The van der Waals surface area contributed by atoms with Crippen LogP contribution in [0.2, 0.25) is 0 Å². The van der Waals surface area contributed by atoms with Gasteiger partial charge < -0.3 is 9.47 Å². The second-order valence-electron chi connectivity index (χ2n) is 4.38. The third kappa shape index (κ3) is 4.08. The molecule has 0 unspecified atom stereocenters. The Balaban J connectivity index is 3.20. The van der Waals surface area contributed by atoms with Crippen LogP contribution in [-0.2, 0) is 15.9 Å². The quantitative estimate of drug-likeness (QED) is 0.717. The largest absolute Gasteiger partial charge is 0.462 e. The highest BCUT2D eigenvalue weighted by atomic mass is 16.5. The zero-order valence-electron chi connectivity index (χ0n) is 12.4. The minimum absolute atomic E-state index is 0.278. The molecule has 0 spiro atoms. The van der Waals surface area contributed by atoms with E-state index in [9.17, 15) is 9.59 Å². The van der Waals surface area contributed by atoms with Crippen LogP contribution in [0.3, 0.4) is 0 Å². The number of hydrogen-bond acceptors (Lipinski definition) is 4. The number of rotatable bonds is 7. The van der Waals surface area contributed by atoms with E-state index in [0.717, 1.165) is 24.8 Å². The Morgan fingerprint density at radius 2 is 1.65 bits per heavy atom. The number of carbonyl (C=O) groups excluding carboxylic acids is 2. The second kappa shape index (κ2) is 8.35. The first-order valence-electron chi connectivity index (χ1n) is 7.11. The molecule has 4 nitrogen and oxygen atoms in total. The van der Waals surface area contributed by atoms with Crippen LogP contribution in [0.1, 0.15) is 59.9 Å². The molecule has 1 rings (SSSR count). The van der Waals surface area contributed by atoms with Crippen LogP contribution in [0, 0.1) is 0 Å². The molecule has 0 radical (unpaired) electrons. The highest BCUT2D eigenvalue weighted by molar-refractivity contribution is 6.04. The highest BCUT2D eigenvalue weighted by Gasteiger charge is 2.22. The first-order chi connectivity index (χ1) is 9.65. The molecule has 0 N–H and O–H groups in total. The maximum absolute atomic E-state index is 12.1. The van der Waals surface area contributed by atoms with Gasteiger partial charge in [-0.15, -0.1) is 0 Å². The molecular formula is C16H22O4. The number of aryl methyl sites for hydroxylation is 1. The number of benzene rings is 1. The van der Waals surface area contributed by atoms with Gasteiger partial charge in [0.05, 0.1) is 24.3 Å². The molecule has 0 saturated carbocycles. The van der Waals surface area contributed by atoms with Crippen molar-refractivity contribution in [1.82, 2.24) is 0 Å². The van der Waals surface area contributed by atoms with Gasteiger partial charge in [-0.25, -0.2) is 9.59 Å². The lowest BCUT2D eigenvalue weighted by atomic mass is 9.97. The molecule has 1 aromatic rings. The lowest BCUT2D eigenvalue weighted by Crippen LogP contribution is -2.16. The average Bonchev–Trinajstić information content (AvgIpc) is 2.45. The normalized spacial score (nSPS) is 10.2. The average molecular weight is 278 g/mol. The fourth-order valence-corrected chi connectivity index (χ4v) is 2.00. The SMILES string of the molecule is CCCCc1cccc(C(=O)OCC)c1C(=O)OCC. The number of esters is 2. The molecule has 0 aromatic heterocycles. The molecule has 0 amide bonds. The van der Waals surface area contributed by atoms with E-state index in [4.69, 9.17) is 9.47 Å². The van der Waals surface area contributed by atoms with Crippen LogP contribution < -0.4 is 0 Å². The van der Waals surface area contributed by atoms with Crippen molar-refractivity contribution in [2.45, 2.75) is 40.0 Å². The van der Waals surface area contributed by atoms with Gasteiger partial charge in [0.1, 0.15) is 0 Å². The zero-order chi connectivity index (χ0) is 15.0. The van der Waals surface area contributed by atoms with Crippen LogP contribution in [-0.4, -0.2) is 25.2 Å². The van der Waals surface area contributed by atoms with Gasteiger partial charge in [-0.1, -0.05) is 25.5 Å². The minimum Gasteiger partial charge on any atom is -0.462 e. The first-order valence-corrected chi connectivity index (χ1v) is 7.11. The summed E-state index contributed by atoms with van der Waals surface area (Å²) in [6, 6.07) is 5.25. The molecule has 0 fully saturated rings. The van der Waals surface area contributed by atoms with E-state index in [1.807, 2.05) is 6.07 Å². The van der Waals surface area contributed by atoms with Crippen LogP contribution >= 0.6 is 0 Å². The Morgan fingerprint density at radius 1 is 1.00 bits per heavy atom. The molecule has 20 heavy (non-hydrogen) atoms. The number of hydrogen-bond donors (Lipinski definition) is 0. The molecule has 0 aliphatic heterocycles. The van der Waals surface area contributed by atoms with Crippen LogP contribution in [0.4, 0.5) is 0 Å². The molecule has 0 atom stereocenters. The number of unbranched alkanes of at least 4 members (excludes halogenated alkanes) is 1. The summed E-state index contributed by atoms with van der Waals surface area (Å²) >= 11 is 0. The summed E-state index contributed by atoms with van der Waals surface area (Å²) in [6.45, 7) is 6.13. The van der Waals surface area contributed by atoms with Crippen molar-refractivity contribution in [3.8, 4) is 0 Å². The van der Waals surface area contributed by atoms with Crippen molar-refractivity contribution in [2.75, 3.05) is 13.2 Å². The Hall–Kier alpha value is -1.84. The molecule has 1 aromatic carbocycles. The summed E-state index contributed by atoms with van der Waals surface area (Å²) in [7, 11) is 0. The minimum atomic E-state index is -0.478. The number of carbonyl (C=O) groups is 2. The van der Waals surface area contributed by atoms with E-state index in [-0.39, 0.29) is 13.2 Å². The van der Waals surface area contributed by atoms with E-state index in [0.29, 0.717) is 11.1 Å². The lowest BCUT2D eigenvalue weighted by Gasteiger charge is -2.13. The molecule has 0 heterocycles. The van der Waals surface area contributed by atoms with Crippen molar-refractivity contribution >= 4 is 11.9 Å². The molecule has 4 heteroatoms. The van der Waals surface area contributed by atoms with E-state index >= 15 is 0 Å². The van der Waals surface area contributed by atoms with Crippen LogP contribution in [0.25, 0.3) is 0 Å². The fourth-order valence-electron chi connectivity index (χ4n) is 2.00. The summed E-state index contributed by atoms with van der Waals surface area (Å²) in [6.07, 6.45) is 2.72. The van der Waals surface area contributed by atoms with E-state index in [1.165, 1.54) is 0 Å². The van der Waals surface area contributed by atoms with Crippen LogP contribution in [0.5, 0.6) is 0 Å². The molecular weight excluding hydrogens is 256 g/mol. The van der Waals surface area contributed by atoms with Crippen molar-refractivity contribution in [3.63, 3.8) is 0 Å². The Morgan fingerprint density at radius 3 is 2.25 bits per heavy atom. The Labute approximate surface area is 120 Å². The second-order valence-corrected chi connectivity index (χ2v) is 4.38. The van der Waals surface area contributed by atoms with Gasteiger partial charge in [-0.2, -0.15) is 0 Å². The molecule has 0 saturated heterocycles. The van der Waals surface area contributed by atoms with Gasteiger partial charge in [0, 0.05) is 0 Å². The number of ether oxygens (including phenoxy) is 2. The van der Waals surface area contributed by atoms with Gasteiger partial charge in [0.25, 0.3) is 0 Å². The highest BCUT2D eigenvalue weighted by Crippen LogP contribution is 2.20. The van der Waals surface area contributed by atoms with Crippen molar-refractivity contribution in [3.05, 3.63) is 34.9 Å². The van der Waals surface area contributed by atoms with Gasteiger partial charge in [0.2, 0.25) is 0 Å². The Kier molecular flexibility index (Phi) is 6.77. The fraction of sp³-hybridized carbons (Fsp3) is 0.500. The van der Waals surface area contributed by atoms with Crippen LogP contribution in [0.15, 0.2) is 18.2 Å². The maximum atomic E-state index is 12.1. The first kappa shape index (κ1) is 16.2. The van der Waals surface area contributed by atoms with Crippen molar-refractivity contribution in [2.24, 2.45) is 0 Å². The zero-order valence-corrected chi connectivity index (χ0v) is 12.4. The molecule has 110 valence electrons. The summed E-state index contributed by atoms with van der Waals surface area (Å²) in [4.78, 5) is 24.1. The van der Waals surface area contributed by atoms with Gasteiger partial charge in [-0.3, -0.25) is 0 Å². The molecule has 0 aliphatic rings. The van der Waals surface area contributed by atoms with E-state index < -0.39 is 11.9 Å². The van der Waals surface area contributed by atoms with Gasteiger partial charge >= 0.3 is 11.9 Å². The predicted octanol–water partition coefficient (Wildman–Crippen LogP) is 3.38. The maximum Gasteiger partial charge on any atom is 0.339 e. The topological polar surface area (TPSA) is 52.6 Å². The summed E-state index contributed by atoms with van der Waals surface area (Å²) in [5.74, 6) is -0.934. The summed E-state index contributed by atoms with van der Waals surface area (Å²) < 4.78 is 10.1. The molecule has 0 bridgehead atoms. The monoisotopic (exact) mass is 278 g/mol. The van der Waals surface area contributed by atoms with Gasteiger partial charge in [-0.05, 0) is 38.3 Å². The third-order valence-corrected chi connectivity index (χ3v) is 2.93. The van der Waals surface area contributed by atoms with E-state index in [1.54, 1.807) is 26.0 Å². The summed E-state index contributed by atoms with van der Waals surface area (Å²) in [5, 5.41) is 0. The Bertz CT molecular complexity index is 466. The lowest BCUT2D eigenvalue weighted by molar-refractivity contribution is 0.0477. The standard InChI is InChI=1S/C16H22O4/c1-4-7-9-12-10-8-11-13(15(17)19-5-2)14(12)16(18)20-6-3/h8,10-11H,4-7,9H2,1-3H3. The predicted molar refractivity (Wildman–Crippen MR) is 77.0 cm³/mol. The van der Waals surface area contributed by atoms with E-state index in [2.05, 4.69) is 6.92 Å². The smallest absolute Gasteiger partial charge is 0.339 e. The summed E-state index contributed by atoms with van der Waals surface area (Å²) in [5.41, 5.74) is 1.48. The molecule has 0 aliphatic carbocycles. The third-order valence-electron chi connectivity index (χ3n) is 2.93. The van der Waals surface area contributed by atoms with Crippen molar-refractivity contribution in [1.29, 1.82) is 0 Å².